The summed E-state index contributed by atoms with van der Waals surface area (Å²) in [6.45, 7) is 2.57. The zero-order chi connectivity index (χ0) is 37.6. The molecule has 6 heterocycles. The van der Waals surface area contributed by atoms with Gasteiger partial charge in [0.1, 0.15) is 5.52 Å². The number of nitrogens with zero attached hydrogens (tertiary/aromatic N) is 6. The molecule has 280 valence electrons. The summed E-state index contributed by atoms with van der Waals surface area (Å²) in [5.41, 5.74) is 3.58. The van der Waals surface area contributed by atoms with Crippen LogP contribution < -0.4 is 5.32 Å². The van der Waals surface area contributed by atoms with Gasteiger partial charge in [0.2, 0.25) is 5.91 Å². The van der Waals surface area contributed by atoms with E-state index in [0.717, 1.165) is 48.6 Å². The molecule has 2 bridgehead atoms. The molecule has 2 saturated carbocycles. The number of fused-ring (bicyclic) bond motifs is 4. The third-order valence-corrected chi connectivity index (χ3v) is 12.5. The van der Waals surface area contributed by atoms with E-state index in [-0.39, 0.29) is 81.4 Å². The third kappa shape index (κ3) is 5.76. The third-order valence-electron chi connectivity index (χ3n) is 11.7. The van der Waals surface area contributed by atoms with Crippen LogP contribution in [0.25, 0.3) is 32.9 Å². The van der Waals surface area contributed by atoms with Gasteiger partial charge in [0.15, 0.2) is 5.82 Å². The Kier molecular flexibility index (Phi) is 8.69. The van der Waals surface area contributed by atoms with Gasteiger partial charge in [-0.2, -0.15) is 15.0 Å². The minimum atomic E-state index is -4.69. The first-order chi connectivity index (χ1) is 25.9. The van der Waals surface area contributed by atoms with Crippen molar-refractivity contribution >= 4 is 50.9 Å². The quantitative estimate of drug-likeness (QED) is 0.151. The van der Waals surface area contributed by atoms with E-state index >= 15 is 4.39 Å². The number of aromatic nitrogens is 4. The summed E-state index contributed by atoms with van der Waals surface area (Å²) in [4.78, 5) is 20.6. The molecule has 5 unspecified atom stereocenters. The zero-order valence-corrected chi connectivity index (χ0v) is 30.6. The Morgan fingerprint density at radius 2 is 1.96 bits per heavy atom. The number of nitriles is 1. The Bertz CT molecular complexity index is 2370. The van der Waals surface area contributed by atoms with Crippen molar-refractivity contribution < 1.29 is 27.1 Å². The zero-order valence-electron chi connectivity index (χ0n) is 29.1. The fourth-order valence-corrected chi connectivity index (χ4v) is 9.37. The monoisotopic (exact) mass is 779 g/mol. The topological polar surface area (TPSA) is 101 Å². The number of halogens is 6. The number of hydrogen-bond acceptors (Lipinski definition) is 6. The molecule has 10 rings (SSSR count). The van der Waals surface area contributed by atoms with Crippen LogP contribution in [0.15, 0.2) is 42.6 Å². The highest BCUT2D eigenvalue weighted by atomic mass is 35.5. The van der Waals surface area contributed by atoms with Crippen molar-refractivity contribution in [2.24, 2.45) is 11.8 Å². The SMILES string of the molecule is Cc1nc2c(F)c(-c3cccc(Cl)c3Cl)c(CCC#N)cc2c2c1cc(C1CC(OCc3ccnn3C(F)(F)F)CN1C(=O)C1CC1)n2C1C2CNC1C2. The molecule has 5 aromatic rings. The molecule has 2 aromatic carbocycles. The van der Waals surface area contributed by atoms with Crippen molar-refractivity contribution in [1.29, 1.82) is 5.26 Å². The second-order valence-electron chi connectivity index (χ2n) is 14.9. The van der Waals surface area contributed by atoms with Gasteiger partial charge >= 0.3 is 6.30 Å². The number of pyridine rings is 1. The van der Waals surface area contributed by atoms with E-state index in [2.05, 4.69) is 27.1 Å². The summed E-state index contributed by atoms with van der Waals surface area (Å²) in [7, 11) is 0. The molecule has 9 nitrogen and oxygen atoms in total. The predicted molar refractivity (Wildman–Crippen MR) is 194 cm³/mol. The second kappa shape index (κ2) is 13.2. The predicted octanol–water partition coefficient (Wildman–Crippen LogP) is 8.54. The molecular weight excluding hydrogens is 745 g/mol. The Balaban J connectivity index is 1.21. The van der Waals surface area contributed by atoms with Gasteiger partial charge in [0.25, 0.3) is 0 Å². The second-order valence-corrected chi connectivity index (χ2v) is 15.7. The number of carbonyl (C=O) groups is 1. The number of nitrogens with one attached hydrogen (secondary N) is 1. The van der Waals surface area contributed by atoms with E-state index in [1.165, 1.54) is 6.07 Å². The van der Waals surface area contributed by atoms with Crippen molar-refractivity contribution in [2.45, 2.75) is 82.6 Å². The van der Waals surface area contributed by atoms with Crippen LogP contribution in [0.3, 0.4) is 0 Å². The lowest BCUT2D eigenvalue weighted by molar-refractivity contribution is -0.215. The number of aryl methyl sites for hydroxylation is 2. The molecule has 1 N–H and O–H groups in total. The number of hydrogen-bond donors (Lipinski definition) is 1. The van der Waals surface area contributed by atoms with Crippen LogP contribution in [-0.4, -0.2) is 55.4 Å². The van der Waals surface area contributed by atoms with Crippen LogP contribution >= 0.6 is 23.2 Å². The van der Waals surface area contributed by atoms with Gasteiger partial charge in [0, 0.05) is 77.4 Å². The van der Waals surface area contributed by atoms with E-state index in [1.807, 2.05) is 17.9 Å². The molecule has 1 amide bonds. The highest BCUT2D eigenvalue weighted by Gasteiger charge is 2.51. The van der Waals surface area contributed by atoms with Gasteiger partial charge in [-0.3, -0.25) is 4.79 Å². The maximum Gasteiger partial charge on any atom is 0.504 e. The van der Waals surface area contributed by atoms with Crippen LogP contribution in [0.2, 0.25) is 10.0 Å². The van der Waals surface area contributed by atoms with Gasteiger partial charge in [-0.05, 0) is 68.4 Å². The van der Waals surface area contributed by atoms with Crippen LogP contribution in [0, 0.1) is 35.9 Å². The van der Waals surface area contributed by atoms with Crippen LogP contribution in [0.1, 0.15) is 66.8 Å². The van der Waals surface area contributed by atoms with Crippen molar-refractivity contribution in [3.05, 3.63) is 81.1 Å². The first kappa shape index (κ1) is 35.5. The highest BCUT2D eigenvalue weighted by molar-refractivity contribution is 6.43. The number of likely N-dealkylation sites (tertiary alicyclic amines) is 1. The molecule has 0 spiro atoms. The smallest absolute Gasteiger partial charge is 0.370 e. The molecule has 54 heavy (non-hydrogen) atoms. The number of carbonyl (C=O) groups excluding carboxylic acids is 1. The van der Waals surface area contributed by atoms with Crippen molar-refractivity contribution in [1.82, 2.24) is 29.5 Å². The standard InChI is InChI=1S/C39H35Cl2F4N7O2/c1-19-26-15-31(30-14-24(17-50(30)38(53)20-7-8-20)54-18-23-9-11-48-52(23)39(43,44)45)51(36-22-13-29(36)47-16-22)37(26)27-12-21(4-3-10-46)32(34(42)35(27)49-19)25-5-2-6-28(40)33(25)41/h2,5-6,9,11-12,15,20,22,24,29-30,36,47H,3-4,7-8,13-14,16-18H2,1H3. The molecule has 0 radical (unpaired) electrons. The van der Waals surface area contributed by atoms with Crippen LogP contribution in [-0.2, 0) is 28.9 Å². The van der Waals surface area contributed by atoms with Gasteiger partial charge in [0.05, 0.1) is 52.1 Å². The Morgan fingerprint density at radius 3 is 2.67 bits per heavy atom. The van der Waals surface area contributed by atoms with E-state index in [1.54, 1.807) is 18.2 Å². The average molecular weight is 781 g/mol. The van der Waals surface area contributed by atoms with Crippen LogP contribution in [0.4, 0.5) is 17.6 Å². The minimum absolute atomic E-state index is 0.000441. The van der Waals surface area contributed by atoms with E-state index in [4.69, 9.17) is 32.9 Å². The van der Waals surface area contributed by atoms with Gasteiger partial charge in [-0.15, -0.1) is 13.2 Å². The molecule has 5 fully saturated rings. The molecular formula is C39H35Cl2F4N7O2. The molecule has 5 atom stereocenters. The summed E-state index contributed by atoms with van der Waals surface area (Å²) >= 11 is 13.0. The molecule has 2 aliphatic carbocycles. The Hall–Kier alpha value is -4.22. The minimum Gasteiger partial charge on any atom is -0.370 e. The lowest BCUT2D eigenvalue weighted by Crippen LogP contribution is -2.41. The first-order valence-corrected chi connectivity index (χ1v) is 18.9. The van der Waals surface area contributed by atoms with E-state index < -0.39 is 24.3 Å². The normalized spacial score (nSPS) is 23.7. The highest BCUT2D eigenvalue weighted by Crippen LogP contribution is 2.51. The van der Waals surface area contributed by atoms with Crippen molar-refractivity contribution in [3.8, 4) is 17.2 Å². The lowest BCUT2D eigenvalue weighted by atomic mass is 9.79. The summed E-state index contributed by atoms with van der Waals surface area (Å²) < 4.78 is 66.3. The molecule has 5 aliphatic rings. The number of benzene rings is 2. The van der Waals surface area contributed by atoms with Gasteiger partial charge in [-0.1, -0.05) is 35.3 Å². The Labute approximate surface area is 317 Å². The van der Waals surface area contributed by atoms with E-state index in [0.29, 0.717) is 34.5 Å². The lowest BCUT2D eigenvalue weighted by Gasteiger charge is -2.39. The Morgan fingerprint density at radius 1 is 1.15 bits per heavy atom. The number of rotatable bonds is 9. The van der Waals surface area contributed by atoms with Crippen molar-refractivity contribution in [3.63, 3.8) is 0 Å². The molecule has 3 aliphatic heterocycles. The fraction of sp³-hybridized carbons (Fsp3) is 0.436. The van der Waals surface area contributed by atoms with Gasteiger partial charge in [-0.25, -0.2) is 9.37 Å². The summed E-state index contributed by atoms with van der Waals surface area (Å²) in [5, 5.41) is 18.5. The number of alkyl halides is 3. The summed E-state index contributed by atoms with van der Waals surface area (Å²) in [6.07, 6.45) is -0.791. The van der Waals surface area contributed by atoms with Crippen molar-refractivity contribution in [2.75, 3.05) is 13.1 Å². The molecule has 3 saturated heterocycles. The maximum atomic E-state index is 17.2. The fourth-order valence-electron chi connectivity index (χ4n) is 8.98. The van der Waals surface area contributed by atoms with Gasteiger partial charge < -0.3 is 19.5 Å². The number of amides is 1. The summed E-state index contributed by atoms with van der Waals surface area (Å²) in [5.74, 6) is -0.346. The largest absolute Gasteiger partial charge is 0.504 e. The molecule has 15 heteroatoms. The maximum absolute atomic E-state index is 17.2. The average Bonchev–Trinajstić information content (AvgIpc) is 3.62. The first-order valence-electron chi connectivity index (χ1n) is 18.2. The molecule has 3 aromatic heterocycles. The number of ether oxygens (including phenoxy) is 1. The van der Waals surface area contributed by atoms with Crippen LogP contribution in [0.5, 0.6) is 0 Å². The summed E-state index contributed by atoms with van der Waals surface area (Å²) in [6, 6.07) is 12.2. The van der Waals surface area contributed by atoms with E-state index in [9.17, 15) is 23.2 Å².